The van der Waals surface area contributed by atoms with Crippen LogP contribution in [0, 0.1) is 0 Å². The second-order valence-corrected chi connectivity index (χ2v) is 4.93. The molecule has 5 nitrogen and oxygen atoms in total. The number of aromatic nitrogens is 2. The van der Waals surface area contributed by atoms with Crippen LogP contribution in [0.15, 0.2) is 65.2 Å². The van der Waals surface area contributed by atoms with Crippen LogP contribution in [0.3, 0.4) is 0 Å². The number of hydrogen-bond donors (Lipinski definition) is 0. The van der Waals surface area contributed by atoms with E-state index in [-0.39, 0.29) is 18.4 Å². The van der Waals surface area contributed by atoms with Gasteiger partial charge in [0, 0.05) is 0 Å². The van der Waals surface area contributed by atoms with Crippen molar-refractivity contribution in [1.82, 2.24) is 10.1 Å². The van der Waals surface area contributed by atoms with Gasteiger partial charge in [-0.2, -0.15) is 4.98 Å². The van der Waals surface area contributed by atoms with Crippen molar-refractivity contribution in [1.29, 1.82) is 0 Å². The molecule has 0 saturated heterocycles. The molecule has 0 radical (unpaired) electrons. The minimum Gasteiger partial charge on any atom is -0.459 e. The Morgan fingerprint density at radius 1 is 1.04 bits per heavy atom. The van der Waals surface area contributed by atoms with Crippen LogP contribution in [0.5, 0.6) is 0 Å². The van der Waals surface area contributed by atoms with Gasteiger partial charge >= 0.3 is 11.9 Å². The average molecular weight is 308 g/mol. The Hall–Kier alpha value is -2.95. The maximum Gasteiger partial charge on any atom is 0.397 e. The second kappa shape index (κ2) is 6.87. The van der Waals surface area contributed by atoms with E-state index in [4.69, 9.17) is 9.26 Å². The Morgan fingerprint density at radius 3 is 2.13 bits per heavy atom. The molecule has 3 rings (SSSR count). The van der Waals surface area contributed by atoms with Crippen LogP contribution in [0.25, 0.3) is 0 Å². The molecular weight excluding hydrogens is 292 g/mol. The monoisotopic (exact) mass is 308 g/mol. The highest BCUT2D eigenvalue weighted by atomic mass is 16.6. The molecule has 1 aromatic heterocycles. The van der Waals surface area contributed by atoms with Crippen molar-refractivity contribution in [3.8, 4) is 0 Å². The lowest BCUT2D eigenvalue weighted by Crippen LogP contribution is -2.08. The molecule has 0 aliphatic carbocycles. The van der Waals surface area contributed by atoms with Crippen molar-refractivity contribution >= 4 is 5.97 Å². The van der Waals surface area contributed by atoms with Gasteiger partial charge < -0.3 is 9.26 Å². The fourth-order valence-electron chi connectivity index (χ4n) is 2.41. The third-order valence-electron chi connectivity index (χ3n) is 3.42. The van der Waals surface area contributed by atoms with Crippen LogP contribution < -0.4 is 0 Å². The van der Waals surface area contributed by atoms with E-state index in [2.05, 4.69) is 10.1 Å². The predicted molar refractivity (Wildman–Crippen MR) is 84.1 cm³/mol. The molecule has 0 bridgehead atoms. The van der Waals surface area contributed by atoms with Gasteiger partial charge in [-0.3, -0.25) is 0 Å². The fourth-order valence-corrected chi connectivity index (χ4v) is 2.41. The molecule has 0 fully saturated rings. The van der Waals surface area contributed by atoms with E-state index in [0.29, 0.717) is 5.82 Å². The van der Waals surface area contributed by atoms with Gasteiger partial charge in [-0.1, -0.05) is 65.8 Å². The van der Waals surface area contributed by atoms with E-state index in [9.17, 15) is 4.79 Å². The van der Waals surface area contributed by atoms with Crippen LogP contribution in [0.4, 0.5) is 0 Å². The largest absolute Gasteiger partial charge is 0.459 e. The molecule has 2 aromatic carbocycles. The van der Waals surface area contributed by atoms with Gasteiger partial charge in [0.05, 0.1) is 12.5 Å². The lowest BCUT2D eigenvalue weighted by atomic mass is 9.91. The van der Waals surface area contributed by atoms with Crippen LogP contribution in [-0.4, -0.2) is 22.7 Å². The van der Waals surface area contributed by atoms with E-state index in [1.54, 1.807) is 6.92 Å². The molecule has 0 aliphatic rings. The summed E-state index contributed by atoms with van der Waals surface area (Å²) in [5, 5.41) is 3.99. The van der Waals surface area contributed by atoms with E-state index >= 15 is 0 Å². The zero-order valence-corrected chi connectivity index (χ0v) is 12.7. The number of ether oxygens (including phenoxy) is 1. The van der Waals surface area contributed by atoms with Crippen molar-refractivity contribution in [2.45, 2.75) is 12.8 Å². The summed E-state index contributed by atoms with van der Waals surface area (Å²) in [6, 6.07) is 19.7. The smallest absolute Gasteiger partial charge is 0.397 e. The molecule has 23 heavy (non-hydrogen) atoms. The van der Waals surface area contributed by atoms with E-state index in [1.807, 2.05) is 60.7 Å². The molecule has 0 spiro atoms. The average Bonchev–Trinajstić information content (AvgIpc) is 3.07. The zero-order chi connectivity index (χ0) is 16.1. The Bertz CT molecular complexity index is 730. The first kappa shape index (κ1) is 15.0. The van der Waals surface area contributed by atoms with Crippen molar-refractivity contribution < 1.29 is 14.1 Å². The van der Waals surface area contributed by atoms with Gasteiger partial charge in [0.2, 0.25) is 0 Å². The third-order valence-corrected chi connectivity index (χ3v) is 3.42. The maximum absolute atomic E-state index is 11.7. The molecule has 0 amide bonds. The number of carbonyl (C=O) groups is 1. The van der Waals surface area contributed by atoms with Gasteiger partial charge in [0.1, 0.15) is 0 Å². The molecule has 3 aromatic rings. The van der Waals surface area contributed by atoms with Crippen molar-refractivity contribution in [2.24, 2.45) is 0 Å². The van der Waals surface area contributed by atoms with Crippen molar-refractivity contribution in [2.75, 3.05) is 6.61 Å². The molecule has 1 heterocycles. The lowest BCUT2D eigenvalue weighted by molar-refractivity contribution is 0.0470. The summed E-state index contributed by atoms with van der Waals surface area (Å²) in [6.07, 6.45) is 0. The first-order valence-electron chi connectivity index (χ1n) is 7.40. The molecule has 0 unspecified atom stereocenters. The normalized spacial score (nSPS) is 10.7. The Labute approximate surface area is 133 Å². The molecule has 5 heteroatoms. The SMILES string of the molecule is CCOC(=O)c1nc(C(c2ccccc2)c2ccccc2)no1. The number of benzene rings is 2. The summed E-state index contributed by atoms with van der Waals surface area (Å²) in [7, 11) is 0. The summed E-state index contributed by atoms with van der Waals surface area (Å²) < 4.78 is 9.96. The highest BCUT2D eigenvalue weighted by Gasteiger charge is 2.24. The van der Waals surface area contributed by atoms with Crippen molar-refractivity contribution in [3.05, 3.63) is 83.5 Å². The van der Waals surface area contributed by atoms with Crippen LogP contribution in [0.2, 0.25) is 0 Å². The number of rotatable bonds is 5. The standard InChI is InChI=1S/C18H16N2O3/c1-2-22-18(21)17-19-16(20-23-17)15(13-9-5-3-6-10-13)14-11-7-4-8-12-14/h3-12,15H,2H2,1H3. The van der Waals surface area contributed by atoms with Gasteiger partial charge in [-0.05, 0) is 18.1 Å². The van der Waals surface area contributed by atoms with Gasteiger partial charge in [-0.15, -0.1) is 0 Å². The van der Waals surface area contributed by atoms with E-state index in [0.717, 1.165) is 11.1 Å². The van der Waals surface area contributed by atoms with Gasteiger partial charge in [-0.25, -0.2) is 4.79 Å². The molecule has 116 valence electrons. The van der Waals surface area contributed by atoms with E-state index < -0.39 is 5.97 Å². The zero-order valence-electron chi connectivity index (χ0n) is 12.7. The third kappa shape index (κ3) is 3.29. The highest BCUT2D eigenvalue weighted by Crippen LogP contribution is 2.29. The summed E-state index contributed by atoms with van der Waals surface area (Å²) in [4.78, 5) is 16.0. The lowest BCUT2D eigenvalue weighted by Gasteiger charge is -2.13. The molecule has 0 N–H and O–H groups in total. The van der Waals surface area contributed by atoms with Crippen molar-refractivity contribution in [3.63, 3.8) is 0 Å². The predicted octanol–water partition coefficient (Wildman–Crippen LogP) is 3.43. The van der Waals surface area contributed by atoms with Crippen LogP contribution in [-0.2, 0) is 4.74 Å². The Kier molecular flexibility index (Phi) is 4.47. The molecular formula is C18H16N2O3. The summed E-state index contributed by atoms with van der Waals surface area (Å²) >= 11 is 0. The maximum atomic E-state index is 11.7. The van der Waals surface area contributed by atoms with Crippen LogP contribution >= 0.6 is 0 Å². The Balaban J connectivity index is 2.01. The highest BCUT2D eigenvalue weighted by molar-refractivity contribution is 5.84. The minimum absolute atomic E-state index is 0.126. The number of hydrogen-bond acceptors (Lipinski definition) is 5. The number of esters is 1. The summed E-state index contributed by atoms with van der Waals surface area (Å²) in [6.45, 7) is 1.99. The van der Waals surface area contributed by atoms with Gasteiger partial charge in [0.15, 0.2) is 5.82 Å². The quantitative estimate of drug-likeness (QED) is 0.676. The molecule has 0 saturated carbocycles. The first-order chi connectivity index (χ1) is 11.3. The molecule has 0 aliphatic heterocycles. The summed E-state index contributed by atoms with van der Waals surface area (Å²) in [5.41, 5.74) is 2.05. The first-order valence-corrected chi connectivity index (χ1v) is 7.40. The van der Waals surface area contributed by atoms with Gasteiger partial charge in [0.25, 0.3) is 0 Å². The topological polar surface area (TPSA) is 65.2 Å². The fraction of sp³-hybridized carbons (Fsp3) is 0.167. The molecule has 0 atom stereocenters. The number of nitrogens with zero attached hydrogens (tertiary/aromatic N) is 2. The van der Waals surface area contributed by atoms with E-state index in [1.165, 1.54) is 0 Å². The Morgan fingerprint density at radius 2 is 1.61 bits per heavy atom. The second-order valence-electron chi connectivity index (χ2n) is 4.93. The minimum atomic E-state index is -0.605. The number of carbonyl (C=O) groups excluding carboxylic acids is 1. The van der Waals surface area contributed by atoms with Crippen LogP contribution in [0.1, 0.15) is 40.5 Å². The summed E-state index contributed by atoms with van der Waals surface area (Å²) in [5.74, 6) is -0.500.